The second-order valence-electron chi connectivity index (χ2n) is 7.52. The van der Waals surface area contributed by atoms with Gasteiger partial charge in [0.15, 0.2) is 0 Å². The van der Waals surface area contributed by atoms with Crippen molar-refractivity contribution >= 4 is 45.7 Å². The van der Waals surface area contributed by atoms with Gasteiger partial charge in [0.2, 0.25) is 5.95 Å². The molecule has 0 radical (unpaired) electrons. The SMILES string of the molecule is O=c1c2cnc(Nc3ccc4c(c3)CNCC4)nc2c(CF)cn1-c1c(Cl)cccc1Cl. The molecule has 0 spiro atoms. The molecule has 0 aliphatic carbocycles. The average molecular weight is 470 g/mol. The summed E-state index contributed by atoms with van der Waals surface area (Å²) in [5, 5.41) is 7.25. The molecule has 0 bridgehead atoms. The fourth-order valence-electron chi connectivity index (χ4n) is 3.92. The molecule has 2 N–H and O–H groups in total. The first-order chi connectivity index (χ1) is 15.5. The number of nitrogens with one attached hydrogen (secondary N) is 2. The first kappa shape index (κ1) is 20.9. The van der Waals surface area contributed by atoms with Crippen molar-refractivity contribution in [2.75, 3.05) is 11.9 Å². The van der Waals surface area contributed by atoms with Crippen LogP contribution in [-0.2, 0) is 19.6 Å². The molecule has 0 saturated carbocycles. The van der Waals surface area contributed by atoms with Gasteiger partial charge in [-0.25, -0.2) is 14.4 Å². The van der Waals surface area contributed by atoms with Crippen LogP contribution in [0.15, 0.2) is 53.6 Å². The zero-order valence-electron chi connectivity index (χ0n) is 16.8. The Labute approximate surface area is 193 Å². The number of rotatable bonds is 4. The molecule has 6 nitrogen and oxygen atoms in total. The van der Waals surface area contributed by atoms with E-state index in [1.807, 2.05) is 12.1 Å². The molecule has 0 atom stereocenters. The van der Waals surface area contributed by atoms with Gasteiger partial charge in [-0.15, -0.1) is 0 Å². The Hall–Kier alpha value is -3.00. The van der Waals surface area contributed by atoms with E-state index < -0.39 is 12.2 Å². The highest BCUT2D eigenvalue weighted by atomic mass is 35.5. The van der Waals surface area contributed by atoms with Crippen molar-refractivity contribution in [3.05, 3.63) is 85.9 Å². The minimum atomic E-state index is -0.820. The quantitative estimate of drug-likeness (QED) is 0.442. The van der Waals surface area contributed by atoms with Gasteiger partial charge in [-0.05, 0) is 48.4 Å². The van der Waals surface area contributed by atoms with E-state index in [9.17, 15) is 9.18 Å². The van der Waals surface area contributed by atoms with Crippen LogP contribution < -0.4 is 16.2 Å². The summed E-state index contributed by atoms with van der Waals surface area (Å²) in [6.07, 6.45) is 3.77. The Morgan fingerprint density at radius 3 is 2.75 bits per heavy atom. The maximum atomic E-state index is 14.0. The van der Waals surface area contributed by atoms with Crippen LogP contribution in [0.25, 0.3) is 16.6 Å². The predicted octanol–water partition coefficient (Wildman–Crippen LogP) is 4.95. The molecule has 0 unspecified atom stereocenters. The number of hydrogen-bond donors (Lipinski definition) is 2. The van der Waals surface area contributed by atoms with Crippen molar-refractivity contribution in [2.24, 2.45) is 0 Å². The number of para-hydroxylation sites is 1. The van der Waals surface area contributed by atoms with E-state index in [-0.39, 0.29) is 32.5 Å². The monoisotopic (exact) mass is 469 g/mol. The summed E-state index contributed by atoms with van der Waals surface area (Å²) in [6, 6.07) is 11.0. The van der Waals surface area contributed by atoms with Gasteiger partial charge >= 0.3 is 0 Å². The Balaban J connectivity index is 1.58. The summed E-state index contributed by atoms with van der Waals surface area (Å²) >= 11 is 12.5. The van der Waals surface area contributed by atoms with Crippen LogP contribution in [0.2, 0.25) is 10.0 Å². The lowest BCUT2D eigenvalue weighted by Crippen LogP contribution is -2.23. The molecule has 0 fully saturated rings. The number of alkyl halides is 1. The first-order valence-corrected chi connectivity index (χ1v) is 10.8. The van der Waals surface area contributed by atoms with Crippen LogP contribution in [0.5, 0.6) is 0 Å². The summed E-state index contributed by atoms with van der Waals surface area (Å²) in [5.41, 5.74) is 3.69. The van der Waals surface area contributed by atoms with Crippen molar-refractivity contribution in [3.63, 3.8) is 0 Å². The second-order valence-corrected chi connectivity index (χ2v) is 8.34. The second kappa shape index (κ2) is 8.50. The fourth-order valence-corrected chi connectivity index (χ4v) is 4.50. The minimum absolute atomic E-state index is 0.177. The molecule has 4 aromatic rings. The van der Waals surface area contributed by atoms with Gasteiger partial charge in [-0.2, -0.15) is 0 Å². The van der Waals surface area contributed by atoms with E-state index in [1.165, 1.54) is 28.1 Å². The molecular weight excluding hydrogens is 452 g/mol. The number of pyridine rings is 1. The van der Waals surface area contributed by atoms with Crippen LogP contribution in [0.3, 0.4) is 0 Å². The molecule has 2 aromatic carbocycles. The molecular formula is C23H18Cl2FN5O. The molecule has 32 heavy (non-hydrogen) atoms. The third-order valence-corrected chi connectivity index (χ3v) is 6.11. The number of fused-ring (bicyclic) bond motifs is 2. The molecule has 0 saturated heterocycles. The number of anilines is 2. The van der Waals surface area contributed by atoms with Crippen LogP contribution in [0.1, 0.15) is 16.7 Å². The lowest BCUT2D eigenvalue weighted by Gasteiger charge is -2.18. The molecule has 9 heteroatoms. The van der Waals surface area contributed by atoms with E-state index in [1.54, 1.807) is 18.2 Å². The van der Waals surface area contributed by atoms with E-state index >= 15 is 0 Å². The van der Waals surface area contributed by atoms with E-state index in [2.05, 4.69) is 26.7 Å². The highest BCUT2D eigenvalue weighted by Crippen LogP contribution is 2.29. The number of aromatic nitrogens is 3. The normalized spacial score (nSPS) is 13.2. The van der Waals surface area contributed by atoms with Gasteiger partial charge in [0, 0.05) is 30.2 Å². The lowest BCUT2D eigenvalue weighted by atomic mass is 10.0. The molecule has 1 aliphatic rings. The van der Waals surface area contributed by atoms with Crippen LogP contribution in [0.4, 0.5) is 16.0 Å². The van der Waals surface area contributed by atoms with Crippen molar-refractivity contribution in [2.45, 2.75) is 19.6 Å². The van der Waals surface area contributed by atoms with Gasteiger partial charge < -0.3 is 10.6 Å². The molecule has 162 valence electrons. The number of hydrogen-bond acceptors (Lipinski definition) is 5. The minimum Gasteiger partial charge on any atom is -0.324 e. The maximum Gasteiger partial charge on any atom is 0.266 e. The Bertz CT molecular complexity index is 1390. The van der Waals surface area contributed by atoms with Crippen molar-refractivity contribution in [1.82, 2.24) is 19.9 Å². The Kier molecular flexibility index (Phi) is 5.55. The smallest absolute Gasteiger partial charge is 0.266 e. The fraction of sp³-hybridized carbons (Fsp3) is 0.174. The highest BCUT2D eigenvalue weighted by Gasteiger charge is 2.17. The number of halogens is 3. The summed E-state index contributed by atoms with van der Waals surface area (Å²) < 4.78 is 15.2. The summed E-state index contributed by atoms with van der Waals surface area (Å²) in [4.78, 5) is 21.9. The Morgan fingerprint density at radius 1 is 1.16 bits per heavy atom. The third-order valence-electron chi connectivity index (χ3n) is 5.50. The summed E-state index contributed by atoms with van der Waals surface area (Å²) in [7, 11) is 0. The zero-order valence-corrected chi connectivity index (χ0v) is 18.3. The third kappa shape index (κ3) is 3.72. The van der Waals surface area contributed by atoms with E-state index in [0.717, 1.165) is 25.2 Å². The number of benzene rings is 2. The van der Waals surface area contributed by atoms with E-state index in [0.29, 0.717) is 5.69 Å². The average Bonchev–Trinajstić information content (AvgIpc) is 2.80. The predicted molar refractivity (Wildman–Crippen MR) is 125 cm³/mol. The first-order valence-electron chi connectivity index (χ1n) is 10.1. The van der Waals surface area contributed by atoms with Gasteiger partial charge in [0.25, 0.3) is 5.56 Å². The maximum absolute atomic E-state index is 14.0. The number of nitrogens with zero attached hydrogens (tertiary/aromatic N) is 3. The van der Waals surface area contributed by atoms with Gasteiger partial charge in [0.05, 0.1) is 26.6 Å². The van der Waals surface area contributed by atoms with Crippen LogP contribution in [-0.4, -0.2) is 21.1 Å². The van der Waals surface area contributed by atoms with Gasteiger partial charge in [-0.3, -0.25) is 9.36 Å². The topological polar surface area (TPSA) is 71.8 Å². The van der Waals surface area contributed by atoms with E-state index in [4.69, 9.17) is 23.2 Å². The lowest BCUT2D eigenvalue weighted by molar-refractivity contribution is 0.485. The van der Waals surface area contributed by atoms with Crippen LogP contribution >= 0.6 is 23.2 Å². The summed E-state index contributed by atoms with van der Waals surface area (Å²) in [5.74, 6) is 0.281. The molecule has 2 aromatic heterocycles. The standard InChI is InChI=1S/C23H18Cl2FN5O/c24-18-2-1-3-19(25)21(18)31-12-15(9-26)20-17(22(31)32)11-28-23(30-20)29-16-5-4-13-6-7-27-10-14(13)8-16/h1-5,8,11-12,27H,6-7,9-10H2,(H,28,29,30). The molecule has 0 amide bonds. The zero-order chi connectivity index (χ0) is 22.2. The largest absolute Gasteiger partial charge is 0.324 e. The van der Waals surface area contributed by atoms with Crippen molar-refractivity contribution in [3.8, 4) is 5.69 Å². The van der Waals surface area contributed by atoms with Crippen LogP contribution in [0, 0.1) is 0 Å². The molecule has 3 heterocycles. The molecule has 5 rings (SSSR count). The Morgan fingerprint density at radius 2 is 1.97 bits per heavy atom. The molecule has 1 aliphatic heterocycles. The van der Waals surface area contributed by atoms with Crippen molar-refractivity contribution in [1.29, 1.82) is 0 Å². The highest BCUT2D eigenvalue weighted by molar-refractivity contribution is 6.37. The van der Waals surface area contributed by atoms with Gasteiger partial charge in [-0.1, -0.05) is 35.3 Å². The van der Waals surface area contributed by atoms with Gasteiger partial charge in [0.1, 0.15) is 6.67 Å². The summed E-state index contributed by atoms with van der Waals surface area (Å²) in [6.45, 7) is 0.954. The van der Waals surface area contributed by atoms with Crippen molar-refractivity contribution < 1.29 is 4.39 Å².